The highest BCUT2D eigenvalue weighted by molar-refractivity contribution is 5.72. The number of halogens is 2. The molecule has 110 valence electrons. The first-order chi connectivity index (χ1) is 8.90. The van der Waals surface area contributed by atoms with Crippen LogP contribution in [-0.4, -0.2) is 44.7 Å². The molecular weight excluding hydrogens is 260 g/mol. The van der Waals surface area contributed by atoms with Crippen molar-refractivity contribution in [3.8, 4) is 0 Å². The van der Waals surface area contributed by atoms with Gasteiger partial charge in [-0.2, -0.15) is 0 Å². The van der Waals surface area contributed by atoms with Crippen LogP contribution in [0.25, 0.3) is 0 Å². The van der Waals surface area contributed by atoms with E-state index in [1.165, 1.54) is 14.2 Å². The smallest absolute Gasteiger partial charge is 0.309 e. The first-order valence-corrected chi connectivity index (χ1v) is 6.16. The third kappa shape index (κ3) is 4.41. The Morgan fingerprint density at radius 1 is 1.26 bits per heavy atom. The molecule has 1 saturated heterocycles. The van der Waals surface area contributed by atoms with E-state index in [1.54, 1.807) is 0 Å². The van der Waals surface area contributed by atoms with Gasteiger partial charge in [0.2, 0.25) is 0 Å². The van der Waals surface area contributed by atoms with Gasteiger partial charge in [-0.05, 0) is 12.8 Å². The van der Waals surface area contributed by atoms with Gasteiger partial charge in [0.25, 0.3) is 5.92 Å². The summed E-state index contributed by atoms with van der Waals surface area (Å²) in [5, 5.41) is 2.66. The normalized spacial score (nSPS) is 23.8. The van der Waals surface area contributed by atoms with E-state index in [0.29, 0.717) is 6.42 Å². The lowest BCUT2D eigenvalue weighted by Crippen LogP contribution is -2.51. The van der Waals surface area contributed by atoms with Gasteiger partial charge in [0.05, 0.1) is 32.6 Å². The fourth-order valence-corrected chi connectivity index (χ4v) is 2.13. The van der Waals surface area contributed by atoms with Crippen LogP contribution in [0.4, 0.5) is 8.78 Å². The number of piperidine rings is 1. The Hall–Kier alpha value is -1.24. The molecule has 0 aliphatic carbocycles. The van der Waals surface area contributed by atoms with Gasteiger partial charge >= 0.3 is 11.9 Å². The maximum Gasteiger partial charge on any atom is 0.309 e. The summed E-state index contributed by atoms with van der Waals surface area (Å²) in [5.41, 5.74) is 0. The minimum absolute atomic E-state index is 0.172. The van der Waals surface area contributed by atoms with Gasteiger partial charge < -0.3 is 14.8 Å². The molecule has 5 nitrogen and oxygen atoms in total. The summed E-state index contributed by atoms with van der Waals surface area (Å²) in [4.78, 5) is 22.2. The van der Waals surface area contributed by atoms with E-state index in [9.17, 15) is 18.4 Å². The third-order valence-electron chi connectivity index (χ3n) is 3.35. The van der Waals surface area contributed by atoms with Crippen LogP contribution in [0, 0.1) is 5.92 Å². The van der Waals surface area contributed by atoms with E-state index in [2.05, 4.69) is 14.8 Å². The van der Waals surface area contributed by atoms with Crippen molar-refractivity contribution >= 4 is 11.9 Å². The summed E-state index contributed by atoms with van der Waals surface area (Å²) in [6.45, 7) is 0.172. The van der Waals surface area contributed by atoms with Gasteiger partial charge in [-0.25, -0.2) is 8.78 Å². The lowest BCUT2D eigenvalue weighted by molar-refractivity contribution is -0.147. The Bertz CT molecular complexity index is 328. The van der Waals surface area contributed by atoms with Crippen LogP contribution in [0.5, 0.6) is 0 Å². The number of ether oxygens (including phenoxy) is 2. The summed E-state index contributed by atoms with van der Waals surface area (Å²) in [6.07, 6.45) is -0.339. The number of carbonyl (C=O) groups excluding carboxylic acids is 2. The first kappa shape index (κ1) is 15.8. The first-order valence-electron chi connectivity index (χ1n) is 6.16. The number of esters is 2. The van der Waals surface area contributed by atoms with Crippen molar-refractivity contribution in [2.75, 3.05) is 20.8 Å². The molecule has 0 aromatic heterocycles. The van der Waals surface area contributed by atoms with Crippen LogP contribution in [0.3, 0.4) is 0 Å². The second-order valence-corrected chi connectivity index (χ2v) is 4.60. The fourth-order valence-electron chi connectivity index (χ4n) is 2.13. The Morgan fingerprint density at radius 3 is 2.42 bits per heavy atom. The molecule has 2 atom stereocenters. The molecule has 19 heavy (non-hydrogen) atoms. The third-order valence-corrected chi connectivity index (χ3v) is 3.35. The quantitative estimate of drug-likeness (QED) is 0.764. The van der Waals surface area contributed by atoms with E-state index in [0.717, 1.165) is 0 Å². The van der Waals surface area contributed by atoms with E-state index >= 15 is 0 Å². The Morgan fingerprint density at radius 2 is 1.95 bits per heavy atom. The zero-order chi connectivity index (χ0) is 14.5. The summed E-state index contributed by atoms with van der Waals surface area (Å²) < 4.78 is 36.6. The highest BCUT2D eigenvalue weighted by Gasteiger charge is 2.42. The second-order valence-electron chi connectivity index (χ2n) is 4.60. The highest BCUT2D eigenvalue weighted by atomic mass is 19.3. The molecule has 0 amide bonds. The van der Waals surface area contributed by atoms with Crippen molar-refractivity contribution < 1.29 is 27.8 Å². The SMILES string of the molecule is COC(=O)CCC(F)(F)C1CCC(C(=O)OC)CN1. The summed E-state index contributed by atoms with van der Waals surface area (Å²) in [7, 11) is 2.44. The number of hydrogen-bond donors (Lipinski definition) is 1. The molecule has 1 N–H and O–H groups in total. The van der Waals surface area contributed by atoms with Gasteiger partial charge in [-0.1, -0.05) is 0 Å². The van der Waals surface area contributed by atoms with E-state index in [4.69, 9.17) is 0 Å². The zero-order valence-electron chi connectivity index (χ0n) is 11.1. The minimum Gasteiger partial charge on any atom is -0.469 e. The largest absolute Gasteiger partial charge is 0.469 e. The van der Waals surface area contributed by atoms with Crippen molar-refractivity contribution in [1.82, 2.24) is 5.32 Å². The maximum atomic E-state index is 13.8. The molecule has 1 heterocycles. The number of nitrogens with one attached hydrogen (secondary N) is 1. The molecule has 1 fully saturated rings. The summed E-state index contributed by atoms with van der Waals surface area (Å²) in [5.74, 6) is -4.40. The number of rotatable bonds is 5. The van der Waals surface area contributed by atoms with Crippen LogP contribution in [0.1, 0.15) is 25.7 Å². The van der Waals surface area contributed by atoms with Crippen molar-refractivity contribution in [1.29, 1.82) is 0 Å². The van der Waals surface area contributed by atoms with Crippen molar-refractivity contribution in [2.45, 2.75) is 37.6 Å². The number of alkyl halides is 2. The maximum absolute atomic E-state index is 13.8. The van der Waals surface area contributed by atoms with Gasteiger partial charge in [0.1, 0.15) is 0 Å². The van der Waals surface area contributed by atoms with Crippen LogP contribution in [0.15, 0.2) is 0 Å². The second kappa shape index (κ2) is 6.79. The average Bonchev–Trinajstić information content (AvgIpc) is 2.44. The summed E-state index contributed by atoms with van der Waals surface area (Å²) >= 11 is 0. The van der Waals surface area contributed by atoms with Gasteiger partial charge in [-0.15, -0.1) is 0 Å². The molecule has 0 radical (unpaired) electrons. The molecular formula is C12H19F2NO4. The van der Waals surface area contributed by atoms with E-state index < -0.39 is 24.4 Å². The minimum atomic E-state index is -2.99. The molecule has 0 saturated carbocycles. The molecule has 2 unspecified atom stereocenters. The lowest BCUT2D eigenvalue weighted by atomic mass is 9.90. The van der Waals surface area contributed by atoms with Crippen LogP contribution in [-0.2, 0) is 19.1 Å². The number of carbonyl (C=O) groups is 2. The molecule has 0 aromatic carbocycles. The van der Waals surface area contributed by atoms with Gasteiger partial charge in [0.15, 0.2) is 0 Å². The van der Waals surface area contributed by atoms with E-state index in [1.807, 2.05) is 0 Å². The molecule has 0 bridgehead atoms. The fraction of sp³-hybridized carbons (Fsp3) is 0.833. The molecule has 1 aliphatic heterocycles. The van der Waals surface area contributed by atoms with Crippen LogP contribution < -0.4 is 5.32 Å². The van der Waals surface area contributed by atoms with Crippen molar-refractivity contribution in [3.63, 3.8) is 0 Å². The Kier molecular flexibility index (Phi) is 5.65. The topological polar surface area (TPSA) is 64.6 Å². The highest BCUT2D eigenvalue weighted by Crippen LogP contribution is 2.31. The molecule has 0 spiro atoms. The molecule has 1 aliphatic rings. The number of methoxy groups -OCH3 is 2. The predicted octanol–water partition coefficient (Wildman–Crippen LogP) is 1.12. The van der Waals surface area contributed by atoms with Gasteiger partial charge in [0, 0.05) is 13.0 Å². The molecule has 1 rings (SSSR count). The Labute approximate surface area is 110 Å². The van der Waals surface area contributed by atoms with E-state index in [-0.39, 0.29) is 31.3 Å². The van der Waals surface area contributed by atoms with Crippen LogP contribution >= 0.6 is 0 Å². The molecule has 7 heteroatoms. The van der Waals surface area contributed by atoms with Gasteiger partial charge in [-0.3, -0.25) is 9.59 Å². The summed E-state index contributed by atoms with van der Waals surface area (Å²) in [6, 6.07) is -1.02. The lowest BCUT2D eigenvalue weighted by Gasteiger charge is -2.33. The predicted molar refractivity (Wildman–Crippen MR) is 62.7 cm³/mol. The van der Waals surface area contributed by atoms with Crippen molar-refractivity contribution in [2.24, 2.45) is 5.92 Å². The van der Waals surface area contributed by atoms with Crippen LogP contribution in [0.2, 0.25) is 0 Å². The van der Waals surface area contributed by atoms with Crippen molar-refractivity contribution in [3.05, 3.63) is 0 Å². The monoisotopic (exact) mass is 279 g/mol. The zero-order valence-corrected chi connectivity index (χ0v) is 11.1. The number of hydrogen-bond acceptors (Lipinski definition) is 5. The molecule has 0 aromatic rings. The standard InChI is InChI=1S/C12H19F2NO4/c1-18-10(16)5-6-12(13,14)9-4-3-8(7-15-9)11(17)19-2/h8-9,15H,3-7H2,1-2H3. The average molecular weight is 279 g/mol. The Balaban J connectivity index is 2.44.